The molecule has 0 atom stereocenters. The number of halogens is 2. The zero-order valence-corrected chi connectivity index (χ0v) is 13.7. The molecule has 0 aliphatic carbocycles. The summed E-state index contributed by atoms with van der Waals surface area (Å²) < 4.78 is 0. The summed E-state index contributed by atoms with van der Waals surface area (Å²) in [4.78, 5) is 14.4. The summed E-state index contributed by atoms with van der Waals surface area (Å²) in [5, 5.41) is 5.31. The lowest BCUT2D eigenvalue weighted by Crippen LogP contribution is -2.38. The van der Waals surface area contributed by atoms with E-state index in [0.717, 1.165) is 25.9 Å². The summed E-state index contributed by atoms with van der Waals surface area (Å²) in [6.07, 6.45) is 2.00. The number of hydrogen-bond donors (Lipinski definition) is 0. The lowest BCUT2D eigenvalue weighted by Gasteiger charge is -2.32. The van der Waals surface area contributed by atoms with E-state index in [-0.39, 0.29) is 5.91 Å². The van der Waals surface area contributed by atoms with Gasteiger partial charge in [0.05, 0.1) is 10.6 Å². The van der Waals surface area contributed by atoms with Crippen molar-refractivity contribution in [2.45, 2.75) is 18.8 Å². The minimum Gasteiger partial charge on any atom is -0.339 e. The molecular formula is C16H15Cl2NOS. The fourth-order valence-electron chi connectivity index (χ4n) is 2.75. The van der Waals surface area contributed by atoms with E-state index in [1.807, 2.05) is 4.90 Å². The maximum absolute atomic E-state index is 12.6. The topological polar surface area (TPSA) is 20.3 Å². The Balaban J connectivity index is 1.69. The van der Waals surface area contributed by atoms with Gasteiger partial charge in [-0.05, 0) is 59.3 Å². The summed E-state index contributed by atoms with van der Waals surface area (Å²) in [6.45, 7) is 1.53. The van der Waals surface area contributed by atoms with Crippen LogP contribution in [0.15, 0.2) is 35.0 Å². The van der Waals surface area contributed by atoms with Crippen molar-refractivity contribution >= 4 is 40.4 Å². The molecule has 3 rings (SSSR count). The highest BCUT2D eigenvalue weighted by Gasteiger charge is 2.25. The fourth-order valence-corrected chi connectivity index (χ4v) is 3.87. The number of hydrogen-bond acceptors (Lipinski definition) is 2. The van der Waals surface area contributed by atoms with Gasteiger partial charge in [0.15, 0.2) is 0 Å². The van der Waals surface area contributed by atoms with Gasteiger partial charge in [-0.2, -0.15) is 11.3 Å². The Bertz CT molecular complexity index is 634. The molecule has 2 nitrogen and oxygen atoms in total. The van der Waals surface area contributed by atoms with Crippen LogP contribution < -0.4 is 0 Å². The van der Waals surface area contributed by atoms with Crippen LogP contribution in [0, 0.1) is 0 Å². The van der Waals surface area contributed by atoms with Gasteiger partial charge < -0.3 is 4.90 Å². The number of thiophene rings is 1. The van der Waals surface area contributed by atoms with E-state index in [2.05, 4.69) is 16.8 Å². The van der Waals surface area contributed by atoms with Crippen molar-refractivity contribution in [2.75, 3.05) is 13.1 Å². The second-order valence-electron chi connectivity index (χ2n) is 5.25. The van der Waals surface area contributed by atoms with E-state index in [1.54, 1.807) is 29.5 Å². The van der Waals surface area contributed by atoms with E-state index >= 15 is 0 Å². The van der Waals surface area contributed by atoms with Crippen molar-refractivity contribution in [3.63, 3.8) is 0 Å². The number of benzene rings is 1. The standard InChI is InChI=1S/C16H15Cl2NOS/c17-13-1-2-15(18)14(9-13)16(20)19-6-3-11(4-7-19)12-5-8-21-10-12/h1-2,5,8-11H,3-4,6-7H2. The fraction of sp³-hybridized carbons (Fsp3) is 0.312. The molecule has 0 radical (unpaired) electrons. The van der Waals surface area contributed by atoms with Gasteiger partial charge in [-0.1, -0.05) is 23.2 Å². The lowest BCUT2D eigenvalue weighted by molar-refractivity contribution is 0.0713. The van der Waals surface area contributed by atoms with Gasteiger partial charge in [-0.3, -0.25) is 4.79 Å². The first kappa shape index (κ1) is 14.9. The van der Waals surface area contributed by atoms with Crippen LogP contribution in [0.1, 0.15) is 34.7 Å². The van der Waals surface area contributed by atoms with E-state index in [1.165, 1.54) is 5.56 Å². The van der Waals surface area contributed by atoms with Crippen molar-refractivity contribution in [2.24, 2.45) is 0 Å². The quantitative estimate of drug-likeness (QED) is 0.747. The molecular weight excluding hydrogens is 325 g/mol. The molecule has 0 unspecified atom stereocenters. The Kier molecular flexibility index (Phi) is 4.53. The molecule has 0 spiro atoms. The third-order valence-corrected chi connectivity index (χ3v) is 5.22. The highest BCUT2D eigenvalue weighted by Crippen LogP contribution is 2.31. The number of piperidine rings is 1. The summed E-state index contributed by atoms with van der Waals surface area (Å²) >= 11 is 13.8. The van der Waals surface area contributed by atoms with Crippen molar-refractivity contribution < 1.29 is 4.79 Å². The third-order valence-electron chi connectivity index (χ3n) is 3.96. The minimum absolute atomic E-state index is 0.0220. The predicted octanol–water partition coefficient (Wildman–Crippen LogP) is 5.07. The van der Waals surface area contributed by atoms with Crippen LogP contribution >= 0.6 is 34.5 Å². The molecule has 2 aromatic rings. The van der Waals surface area contributed by atoms with Crippen LogP contribution in [0.2, 0.25) is 10.0 Å². The summed E-state index contributed by atoms with van der Waals surface area (Å²) in [6, 6.07) is 7.20. The Labute approximate surface area is 138 Å². The van der Waals surface area contributed by atoms with Gasteiger partial charge in [0.1, 0.15) is 0 Å². The highest BCUT2D eigenvalue weighted by atomic mass is 35.5. The Morgan fingerprint density at radius 3 is 2.62 bits per heavy atom. The van der Waals surface area contributed by atoms with Gasteiger partial charge in [0, 0.05) is 18.1 Å². The van der Waals surface area contributed by atoms with Gasteiger partial charge >= 0.3 is 0 Å². The van der Waals surface area contributed by atoms with E-state index < -0.39 is 0 Å². The number of amides is 1. The largest absolute Gasteiger partial charge is 0.339 e. The molecule has 21 heavy (non-hydrogen) atoms. The average Bonchev–Trinajstić information content (AvgIpc) is 3.03. The zero-order valence-electron chi connectivity index (χ0n) is 11.4. The first-order valence-corrected chi connectivity index (χ1v) is 8.61. The average molecular weight is 340 g/mol. The summed E-state index contributed by atoms with van der Waals surface area (Å²) in [5.41, 5.74) is 1.89. The van der Waals surface area contributed by atoms with Crippen molar-refractivity contribution in [1.29, 1.82) is 0 Å². The smallest absolute Gasteiger partial charge is 0.255 e. The van der Waals surface area contributed by atoms with Gasteiger partial charge in [0.25, 0.3) is 5.91 Å². The molecule has 0 saturated carbocycles. The normalized spacial score (nSPS) is 16.2. The second kappa shape index (κ2) is 6.39. The van der Waals surface area contributed by atoms with E-state index in [0.29, 0.717) is 21.5 Å². The SMILES string of the molecule is O=C(c1cc(Cl)ccc1Cl)N1CCC(c2ccsc2)CC1. The van der Waals surface area contributed by atoms with Crippen molar-refractivity contribution in [3.8, 4) is 0 Å². The van der Waals surface area contributed by atoms with Crippen LogP contribution in [0.25, 0.3) is 0 Å². The molecule has 110 valence electrons. The summed E-state index contributed by atoms with van der Waals surface area (Å²) in [5.74, 6) is 0.543. The summed E-state index contributed by atoms with van der Waals surface area (Å²) in [7, 11) is 0. The molecule has 0 bridgehead atoms. The van der Waals surface area contributed by atoms with Crippen LogP contribution in [0.4, 0.5) is 0 Å². The van der Waals surface area contributed by atoms with Crippen molar-refractivity contribution in [1.82, 2.24) is 4.90 Å². The monoisotopic (exact) mass is 339 g/mol. The number of likely N-dealkylation sites (tertiary alicyclic amines) is 1. The van der Waals surface area contributed by atoms with Crippen LogP contribution in [-0.2, 0) is 0 Å². The van der Waals surface area contributed by atoms with Crippen molar-refractivity contribution in [3.05, 3.63) is 56.2 Å². The second-order valence-corrected chi connectivity index (χ2v) is 6.87. The molecule has 1 saturated heterocycles. The molecule has 1 aromatic carbocycles. The number of nitrogens with zero attached hydrogens (tertiary/aromatic N) is 1. The molecule has 0 N–H and O–H groups in total. The number of carbonyl (C=O) groups is 1. The van der Waals surface area contributed by atoms with E-state index in [4.69, 9.17) is 23.2 Å². The maximum Gasteiger partial charge on any atom is 0.255 e. The van der Waals surface area contributed by atoms with Crippen LogP contribution in [0.3, 0.4) is 0 Å². The first-order valence-electron chi connectivity index (χ1n) is 6.91. The maximum atomic E-state index is 12.6. The zero-order chi connectivity index (χ0) is 14.8. The van der Waals surface area contributed by atoms with Gasteiger partial charge in [-0.15, -0.1) is 0 Å². The Morgan fingerprint density at radius 2 is 1.95 bits per heavy atom. The van der Waals surface area contributed by atoms with Crippen LogP contribution in [0.5, 0.6) is 0 Å². The molecule has 1 aromatic heterocycles. The van der Waals surface area contributed by atoms with E-state index in [9.17, 15) is 4.79 Å². The van der Waals surface area contributed by atoms with Gasteiger partial charge in [0.2, 0.25) is 0 Å². The Hall–Kier alpha value is -1.03. The minimum atomic E-state index is -0.0220. The highest BCUT2D eigenvalue weighted by molar-refractivity contribution is 7.07. The van der Waals surface area contributed by atoms with Crippen LogP contribution in [-0.4, -0.2) is 23.9 Å². The molecule has 2 heterocycles. The molecule has 1 amide bonds. The predicted molar refractivity (Wildman–Crippen MR) is 88.7 cm³/mol. The Morgan fingerprint density at radius 1 is 1.19 bits per heavy atom. The number of carbonyl (C=O) groups excluding carboxylic acids is 1. The lowest BCUT2D eigenvalue weighted by atomic mass is 9.91. The number of rotatable bonds is 2. The molecule has 1 fully saturated rings. The third kappa shape index (κ3) is 3.25. The molecule has 1 aliphatic heterocycles. The van der Waals surface area contributed by atoms with Gasteiger partial charge in [-0.25, -0.2) is 0 Å². The first-order chi connectivity index (χ1) is 10.1. The molecule has 1 aliphatic rings. The molecule has 5 heteroatoms.